The van der Waals surface area contributed by atoms with Crippen LogP contribution in [0.1, 0.15) is 27.2 Å². The Hall–Kier alpha value is -2.49. The van der Waals surface area contributed by atoms with Gasteiger partial charge < -0.3 is 28.8 Å². The second-order valence-corrected chi connectivity index (χ2v) is 8.15. The van der Waals surface area contributed by atoms with E-state index in [1.54, 1.807) is 6.08 Å². The number of aliphatic hydroxyl groups excluding tert-OH is 1. The Balaban J connectivity index is 1.78. The summed E-state index contributed by atoms with van der Waals surface area (Å²) in [6, 6.07) is 0. The maximum atomic E-state index is 12.6. The highest BCUT2D eigenvalue weighted by molar-refractivity contribution is 5.94. The van der Waals surface area contributed by atoms with Crippen molar-refractivity contribution in [1.82, 2.24) is 0 Å². The lowest BCUT2D eigenvalue weighted by atomic mass is 9.86. The lowest BCUT2D eigenvalue weighted by Crippen LogP contribution is -2.35. The van der Waals surface area contributed by atoms with Gasteiger partial charge in [-0.3, -0.25) is 4.79 Å². The molecule has 0 unspecified atom stereocenters. The van der Waals surface area contributed by atoms with E-state index in [0.29, 0.717) is 11.1 Å². The van der Waals surface area contributed by atoms with Crippen LogP contribution in [0.4, 0.5) is 0 Å². The van der Waals surface area contributed by atoms with Crippen molar-refractivity contribution in [2.24, 2.45) is 0 Å². The highest BCUT2D eigenvalue weighted by Crippen LogP contribution is 2.54. The van der Waals surface area contributed by atoms with Gasteiger partial charge in [0.1, 0.15) is 36.6 Å². The fraction of sp³-hybridized carbons (Fsp3) is 0.571. The fourth-order valence-corrected chi connectivity index (χ4v) is 4.10. The number of aliphatic hydroxyl groups is 1. The molecule has 2 fully saturated rings. The number of hydrogen-bond donors (Lipinski definition) is 1. The van der Waals surface area contributed by atoms with Gasteiger partial charge in [0.05, 0.1) is 12.2 Å². The van der Waals surface area contributed by atoms with Crippen molar-refractivity contribution in [1.29, 1.82) is 0 Å². The molecular formula is C21H24O9. The number of carbonyl (C=O) groups is 3. The van der Waals surface area contributed by atoms with Crippen molar-refractivity contribution >= 4 is 17.9 Å². The van der Waals surface area contributed by atoms with E-state index in [2.05, 4.69) is 6.58 Å². The average molecular weight is 420 g/mol. The van der Waals surface area contributed by atoms with E-state index in [9.17, 15) is 19.5 Å². The Morgan fingerprint density at radius 2 is 2.07 bits per heavy atom. The molecule has 0 saturated carbocycles. The molecule has 9 heteroatoms. The van der Waals surface area contributed by atoms with Crippen LogP contribution in [0.2, 0.25) is 0 Å². The summed E-state index contributed by atoms with van der Waals surface area (Å²) in [5.41, 5.74) is 0.572. The standard InChI is InChI=1S/C21H24O9/c1-9(2)19(24)28-13-5-11(7-22)6-14-17(27-14)21(4)18(30-21)16-15(13)12(20(25)29-16)8-26-10(3)23/h6,13-14,16-18,22H,1,5,7-8H2,2-4H3/b11-6-/t13-,14-,16-,17+,18-,21-/m0/s1. The molecule has 0 aromatic rings. The Morgan fingerprint density at radius 3 is 2.70 bits per heavy atom. The van der Waals surface area contributed by atoms with E-state index >= 15 is 0 Å². The van der Waals surface area contributed by atoms with Crippen molar-refractivity contribution in [2.75, 3.05) is 13.2 Å². The van der Waals surface area contributed by atoms with Crippen LogP contribution < -0.4 is 0 Å². The molecule has 4 rings (SSSR count). The molecule has 0 spiro atoms. The quantitative estimate of drug-likeness (QED) is 0.223. The van der Waals surface area contributed by atoms with E-state index in [4.69, 9.17) is 23.7 Å². The molecule has 6 atom stereocenters. The molecule has 0 amide bonds. The molecule has 0 bridgehead atoms. The first-order chi connectivity index (χ1) is 14.2. The van der Waals surface area contributed by atoms with Crippen molar-refractivity contribution in [3.63, 3.8) is 0 Å². The van der Waals surface area contributed by atoms with Crippen LogP contribution >= 0.6 is 0 Å². The second-order valence-electron chi connectivity index (χ2n) is 8.15. The summed E-state index contributed by atoms with van der Waals surface area (Å²) in [6.07, 6.45) is -0.787. The van der Waals surface area contributed by atoms with Gasteiger partial charge in [0, 0.05) is 24.5 Å². The van der Waals surface area contributed by atoms with Gasteiger partial charge in [0.2, 0.25) is 0 Å². The van der Waals surface area contributed by atoms with Crippen LogP contribution in [0, 0.1) is 0 Å². The van der Waals surface area contributed by atoms with E-state index in [1.165, 1.54) is 13.8 Å². The molecule has 1 N–H and O–H groups in total. The predicted molar refractivity (Wildman–Crippen MR) is 100.0 cm³/mol. The number of ether oxygens (including phenoxy) is 5. The minimum atomic E-state index is -0.932. The van der Waals surface area contributed by atoms with Gasteiger partial charge in [-0.15, -0.1) is 0 Å². The summed E-state index contributed by atoms with van der Waals surface area (Å²) in [7, 11) is 0. The lowest BCUT2D eigenvalue weighted by Gasteiger charge is -2.25. The largest absolute Gasteiger partial charge is 0.461 e. The zero-order valence-corrected chi connectivity index (χ0v) is 17.0. The van der Waals surface area contributed by atoms with Crippen LogP contribution in [0.5, 0.6) is 0 Å². The van der Waals surface area contributed by atoms with Gasteiger partial charge >= 0.3 is 17.9 Å². The summed E-state index contributed by atoms with van der Waals surface area (Å²) in [4.78, 5) is 36.3. The zero-order valence-electron chi connectivity index (χ0n) is 17.0. The Morgan fingerprint density at radius 1 is 1.33 bits per heavy atom. The fourth-order valence-electron chi connectivity index (χ4n) is 4.10. The molecule has 0 aromatic heterocycles. The SMILES string of the molecule is C=C(C)C(=O)O[C@H]1C/C(CO)=C/[C@@H]2O[C@H]2[C@]2(C)O[C@H]2[C@H]2OC(=O)C(COC(C)=O)=C12. The molecule has 0 radical (unpaired) electrons. The van der Waals surface area contributed by atoms with Gasteiger partial charge in [-0.25, -0.2) is 9.59 Å². The number of epoxide rings is 2. The lowest BCUT2D eigenvalue weighted by molar-refractivity contribution is -0.143. The summed E-state index contributed by atoms with van der Waals surface area (Å²) >= 11 is 0. The van der Waals surface area contributed by atoms with Gasteiger partial charge in [-0.1, -0.05) is 12.7 Å². The van der Waals surface area contributed by atoms with Gasteiger partial charge in [0.15, 0.2) is 6.10 Å². The summed E-state index contributed by atoms with van der Waals surface area (Å²) in [6.45, 7) is 7.61. The van der Waals surface area contributed by atoms with E-state index in [0.717, 1.165) is 0 Å². The Bertz CT molecular complexity index is 885. The van der Waals surface area contributed by atoms with Crippen molar-refractivity contribution in [2.45, 2.75) is 63.3 Å². The number of fused-ring (bicyclic) bond motifs is 5. The Kier molecular flexibility index (Phi) is 5.08. The zero-order chi connectivity index (χ0) is 21.8. The van der Waals surface area contributed by atoms with Gasteiger partial charge in [0.25, 0.3) is 0 Å². The molecule has 3 heterocycles. The molecule has 1 aliphatic carbocycles. The normalized spacial score (nSPS) is 38.2. The van der Waals surface area contributed by atoms with Crippen LogP contribution in [0.3, 0.4) is 0 Å². The molecular weight excluding hydrogens is 396 g/mol. The molecule has 4 aliphatic rings. The van der Waals surface area contributed by atoms with E-state index in [-0.39, 0.29) is 43.0 Å². The minimum Gasteiger partial charge on any atom is -0.461 e. The Labute approximate surface area is 173 Å². The molecule has 0 aromatic carbocycles. The van der Waals surface area contributed by atoms with E-state index in [1.807, 2.05) is 6.92 Å². The van der Waals surface area contributed by atoms with E-state index < -0.39 is 41.8 Å². The first-order valence-electron chi connectivity index (χ1n) is 9.73. The first-order valence-corrected chi connectivity index (χ1v) is 9.73. The third-order valence-electron chi connectivity index (χ3n) is 5.80. The predicted octanol–water partition coefficient (Wildman–Crippen LogP) is 0.507. The van der Waals surface area contributed by atoms with Crippen LogP contribution in [0.25, 0.3) is 0 Å². The number of esters is 3. The minimum absolute atomic E-state index is 0.110. The van der Waals surface area contributed by atoms with Gasteiger partial charge in [-0.2, -0.15) is 0 Å². The van der Waals surface area contributed by atoms with Crippen LogP contribution in [-0.4, -0.2) is 72.3 Å². The maximum Gasteiger partial charge on any atom is 0.338 e. The van der Waals surface area contributed by atoms with Crippen molar-refractivity contribution in [3.05, 3.63) is 34.9 Å². The molecule has 9 nitrogen and oxygen atoms in total. The van der Waals surface area contributed by atoms with Gasteiger partial charge in [-0.05, 0) is 19.4 Å². The topological polar surface area (TPSA) is 124 Å². The molecule has 30 heavy (non-hydrogen) atoms. The number of hydrogen-bond acceptors (Lipinski definition) is 9. The second kappa shape index (κ2) is 7.33. The highest BCUT2D eigenvalue weighted by Gasteiger charge is 2.71. The third-order valence-corrected chi connectivity index (χ3v) is 5.80. The summed E-state index contributed by atoms with van der Waals surface area (Å²) in [5.74, 6) is -1.87. The first kappa shape index (κ1) is 20.8. The maximum absolute atomic E-state index is 12.6. The smallest absolute Gasteiger partial charge is 0.338 e. The molecule has 2 saturated heterocycles. The van der Waals surface area contributed by atoms with Crippen molar-refractivity contribution < 1.29 is 43.2 Å². The van der Waals surface area contributed by atoms with Crippen molar-refractivity contribution in [3.8, 4) is 0 Å². The molecule has 3 aliphatic heterocycles. The van der Waals surface area contributed by atoms with Crippen LogP contribution in [0.15, 0.2) is 34.9 Å². The third kappa shape index (κ3) is 3.57. The number of rotatable bonds is 5. The monoisotopic (exact) mass is 420 g/mol. The average Bonchev–Trinajstić information content (AvgIpc) is 3.56. The summed E-state index contributed by atoms with van der Waals surface area (Å²) in [5, 5.41) is 9.85. The number of carbonyl (C=O) groups excluding carboxylic acids is 3. The molecule has 162 valence electrons. The van der Waals surface area contributed by atoms with Crippen LogP contribution in [-0.2, 0) is 38.1 Å². The highest BCUT2D eigenvalue weighted by atomic mass is 16.7. The summed E-state index contributed by atoms with van der Waals surface area (Å²) < 4.78 is 27.9.